The summed E-state index contributed by atoms with van der Waals surface area (Å²) in [4.78, 5) is 30.9. The van der Waals surface area contributed by atoms with Crippen molar-refractivity contribution < 1.29 is 23.0 Å². The monoisotopic (exact) mass is 582 g/mol. The number of carbonyl (C=O) groups excluding carboxylic acids is 1. The molecule has 0 spiro atoms. The van der Waals surface area contributed by atoms with Gasteiger partial charge in [0.25, 0.3) is 11.5 Å². The Kier molecular flexibility index (Phi) is 9.24. The second-order valence-corrected chi connectivity index (χ2v) is 10.2. The molecule has 4 aromatic rings. The lowest BCUT2D eigenvalue weighted by Crippen LogP contribution is -2.31. The van der Waals surface area contributed by atoms with Gasteiger partial charge in [0, 0.05) is 34.7 Å². The Bertz CT molecular complexity index is 1610. The van der Waals surface area contributed by atoms with Crippen LogP contribution in [0.1, 0.15) is 43.6 Å². The first-order chi connectivity index (χ1) is 19.5. The molecule has 4 rings (SSSR count). The molecule has 0 saturated heterocycles. The Hall–Kier alpha value is -4.44. The van der Waals surface area contributed by atoms with Gasteiger partial charge in [-0.05, 0) is 69.7 Å². The summed E-state index contributed by atoms with van der Waals surface area (Å²) in [5.41, 5.74) is 0.198. The Balaban J connectivity index is 1.66. The van der Waals surface area contributed by atoms with E-state index in [0.29, 0.717) is 16.3 Å². The van der Waals surface area contributed by atoms with E-state index in [4.69, 9.17) is 21.1 Å². The number of halogens is 3. The summed E-state index contributed by atoms with van der Waals surface area (Å²) in [5.74, 6) is -1.84. The molecule has 2 N–H and O–H groups in total. The van der Waals surface area contributed by atoms with E-state index in [1.54, 1.807) is 58.0 Å². The van der Waals surface area contributed by atoms with Gasteiger partial charge in [-0.2, -0.15) is 0 Å². The van der Waals surface area contributed by atoms with Gasteiger partial charge in [0.15, 0.2) is 23.1 Å². The Morgan fingerprint density at radius 1 is 0.902 bits per heavy atom. The molecule has 0 aliphatic heterocycles. The Morgan fingerprint density at radius 3 is 2.02 bits per heavy atom. The van der Waals surface area contributed by atoms with Crippen molar-refractivity contribution >= 4 is 34.8 Å². The first kappa shape index (κ1) is 29.5. The van der Waals surface area contributed by atoms with E-state index >= 15 is 0 Å². The minimum atomic E-state index is -0.780. The Labute approximate surface area is 240 Å². The number of hydrogen-bond donors (Lipinski definition) is 2. The van der Waals surface area contributed by atoms with E-state index in [9.17, 15) is 18.4 Å². The first-order valence-corrected chi connectivity index (χ1v) is 13.2. The third-order valence-corrected chi connectivity index (χ3v) is 5.90. The third kappa shape index (κ3) is 7.61. The van der Waals surface area contributed by atoms with Gasteiger partial charge in [0.2, 0.25) is 5.95 Å². The average molecular weight is 583 g/mol. The van der Waals surface area contributed by atoms with Crippen LogP contribution < -0.4 is 25.7 Å². The molecule has 41 heavy (non-hydrogen) atoms. The molecule has 3 aromatic carbocycles. The van der Waals surface area contributed by atoms with Crippen molar-refractivity contribution in [1.82, 2.24) is 9.55 Å². The highest BCUT2D eigenvalue weighted by molar-refractivity contribution is 6.30. The summed E-state index contributed by atoms with van der Waals surface area (Å²) in [6, 6.07) is 15.0. The fourth-order valence-electron chi connectivity index (χ4n) is 3.85. The fourth-order valence-corrected chi connectivity index (χ4v) is 3.98. The predicted molar refractivity (Wildman–Crippen MR) is 155 cm³/mol. The van der Waals surface area contributed by atoms with Crippen LogP contribution in [0.5, 0.6) is 11.5 Å². The fraction of sp³-hybridized carbons (Fsp3) is 0.233. The zero-order valence-corrected chi connectivity index (χ0v) is 23.6. The number of carbonyl (C=O) groups is 1. The molecule has 0 aliphatic carbocycles. The summed E-state index contributed by atoms with van der Waals surface area (Å²) < 4.78 is 41.1. The first-order valence-electron chi connectivity index (χ1n) is 12.8. The van der Waals surface area contributed by atoms with E-state index in [2.05, 4.69) is 15.6 Å². The SMILES string of the molecule is CC(C)Oc1ccc(NC(=O)c2cnc(Nc3ccc(OC(C)C)c(F)c3)n(Cc3ccc(Cl)cc3)c2=O)cc1F. The molecule has 1 amide bonds. The third-order valence-electron chi connectivity index (χ3n) is 5.65. The van der Waals surface area contributed by atoms with Crippen LogP contribution >= 0.6 is 11.6 Å². The van der Waals surface area contributed by atoms with Crippen molar-refractivity contribution in [3.63, 3.8) is 0 Å². The van der Waals surface area contributed by atoms with Crippen LogP contribution in [0.2, 0.25) is 5.02 Å². The zero-order valence-electron chi connectivity index (χ0n) is 22.9. The highest BCUT2D eigenvalue weighted by Gasteiger charge is 2.19. The van der Waals surface area contributed by atoms with E-state index in [-0.39, 0.29) is 47.5 Å². The average Bonchev–Trinajstić information content (AvgIpc) is 2.90. The number of hydrogen-bond acceptors (Lipinski definition) is 6. The quantitative estimate of drug-likeness (QED) is 0.214. The van der Waals surface area contributed by atoms with Crippen LogP contribution in [-0.2, 0) is 6.54 Å². The number of nitrogens with zero attached hydrogens (tertiary/aromatic N) is 2. The summed E-state index contributed by atoms with van der Waals surface area (Å²) in [5, 5.41) is 5.99. The Morgan fingerprint density at radius 2 is 1.46 bits per heavy atom. The molecule has 1 aromatic heterocycles. The normalized spacial score (nSPS) is 11.0. The zero-order chi connectivity index (χ0) is 29.7. The van der Waals surface area contributed by atoms with Gasteiger partial charge in [-0.1, -0.05) is 23.7 Å². The van der Waals surface area contributed by atoms with E-state index < -0.39 is 23.1 Å². The molecule has 0 aliphatic rings. The molecule has 0 saturated carbocycles. The number of ether oxygens (including phenoxy) is 2. The second kappa shape index (κ2) is 12.8. The maximum atomic E-state index is 14.6. The summed E-state index contributed by atoms with van der Waals surface area (Å²) in [6.07, 6.45) is 0.665. The molecule has 0 radical (unpaired) electrons. The number of anilines is 3. The lowest BCUT2D eigenvalue weighted by Gasteiger charge is -2.16. The smallest absolute Gasteiger partial charge is 0.268 e. The van der Waals surface area contributed by atoms with Gasteiger partial charge in [0.1, 0.15) is 5.56 Å². The number of rotatable bonds is 10. The molecule has 8 nitrogen and oxygen atoms in total. The molecule has 1 heterocycles. The molecule has 214 valence electrons. The molecule has 0 bridgehead atoms. The minimum Gasteiger partial charge on any atom is -0.488 e. The minimum absolute atomic E-state index is 0.0271. The molecule has 0 fully saturated rings. The topological polar surface area (TPSA) is 94.5 Å². The van der Waals surface area contributed by atoms with Gasteiger partial charge in [0.05, 0.1) is 18.8 Å². The van der Waals surface area contributed by atoms with Gasteiger partial charge in [-0.25, -0.2) is 13.8 Å². The molecule has 11 heteroatoms. The molecule has 0 atom stereocenters. The second-order valence-electron chi connectivity index (χ2n) is 9.72. The lowest BCUT2D eigenvalue weighted by atomic mass is 10.2. The number of amides is 1. The maximum Gasteiger partial charge on any atom is 0.268 e. The summed E-state index contributed by atoms with van der Waals surface area (Å²) >= 11 is 6.01. The largest absolute Gasteiger partial charge is 0.488 e. The van der Waals surface area contributed by atoms with Crippen LogP contribution in [0, 0.1) is 11.6 Å². The van der Waals surface area contributed by atoms with Gasteiger partial charge < -0.3 is 20.1 Å². The van der Waals surface area contributed by atoms with Crippen LogP contribution in [0.25, 0.3) is 0 Å². The number of aromatic nitrogens is 2. The van der Waals surface area contributed by atoms with Crippen LogP contribution in [0.3, 0.4) is 0 Å². The maximum absolute atomic E-state index is 14.6. The highest BCUT2D eigenvalue weighted by Crippen LogP contribution is 2.25. The van der Waals surface area contributed by atoms with Gasteiger partial charge >= 0.3 is 0 Å². The van der Waals surface area contributed by atoms with Crippen LogP contribution in [0.15, 0.2) is 71.7 Å². The van der Waals surface area contributed by atoms with Crippen molar-refractivity contribution in [2.45, 2.75) is 46.4 Å². The lowest BCUT2D eigenvalue weighted by molar-refractivity contribution is 0.102. The standard InChI is InChI=1S/C30H29ClF2N4O4/c1-17(2)40-26-11-9-21(13-24(26)32)35-28(38)23-15-34-30(36-22-10-12-27(25(33)14-22)41-18(3)4)37(29(23)39)16-19-5-7-20(31)8-6-19/h5-15,17-18H,16H2,1-4H3,(H,34,36)(H,35,38). The summed E-state index contributed by atoms with van der Waals surface area (Å²) in [6.45, 7) is 7.13. The molecular weight excluding hydrogens is 554 g/mol. The van der Waals surface area contributed by atoms with Crippen LogP contribution in [-0.4, -0.2) is 27.7 Å². The van der Waals surface area contributed by atoms with Crippen molar-refractivity contribution in [3.8, 4) is 11.5 Å². The van der Waals surface area contributed by atoms with Crippen molar-refractivity contribution in [3.05, 3.63) is 105 Å². The molecule has 0 unspecified atom stereocenters. The number of nitrogens with one attached hydrogen (secondary N) is 2. The van der Waals surface area contributed by atoms with Crippen molar-refractivity contribution in [2.24, 2.45) is 0 Å². The van der Waals surface area contributed by atoms with E-state index in [1.807, 2.05) is 0 Å². The highest BCUT2D eigenvalue weighted by atomic mass is 35.5. The number of benzene rings is 3. The molecular formula is C30H29ClF2N4O4. The van der Waals surface area contributed by atoms with Gasteiger partial charge in [-0.3, -0.25) is 14.2 Å². The van der Waals surface area contributed by atoms with Crippen LogP contribution in [0.4, 0.5) is 26.1 Å². The predicted octanol–water partition coefficient (Wildman–Crippen LogP) is 6.79. The summed E-state index contributed by atoms with van der Waals surface area (Å²) in [7, 11) is 0. The van der Waals surface area contributed by atoms with Crippen molar-refractivity contribution in [2.75, 3.05) is 10.6 Å². The van der Waals surface area contributed by atoms with Crippen molar-refractivity contribution in [1.29, 1.82) is 0 Å². The van der Waals surface area contributed by atoms with E-state index in [0.717, 1.165) is 12.3 Å². The van der Waals surface area contributed by atoms with Gasteiger partial charge in [-0.15, -0.1) is 0 Å². The van der Waals surface area contributed by atoms with E-state index in [1.165, 1.54) is 28.8 Å².